The minimum Gasteiger partial charge on any atom is -0.301 e. The van der Waals surface area contributed by atoms with Crippen molar-refractivity contribution in [2.24, 2.45) is 0 Å². The lowest BCUT2D eigenvalue weighted by atomic mass is 10.2. The molecule has 2 aromatic rings. The van der Waals surface area contributed by atoms with Gasteiger partial charge in [0, 0.05) is 5.56 Å². The first-order valence-electron chi connectivity index (χ1n) is 6.32. The molecule has 0 spiro atoms. The van der Waals surface area contributed by atoms with E-state index >= 15 is 0 Å². The molecule has 0 aliphatic rings. The maximum atomic E-state index is 11.8. The first-order valence-corrected chi connectivity index (χ1v) is 8.12. The number of carbonyl (C=O) groups is 1. The van der Waals surface area contributed by atoms with Crippen LogP contribution in [0.3, 0.4) is 0 Å². The molecule has 0 aromatic carbocycles. The molecule has 2 rings (SSSR count). The highest BCUT2D eigenvalue weighted by molar-refractivity contribution is 7.99. The molecule has 9 heteroatoms. The van der Waals surface area contributed by atoms with Crippen LogP contribution in [0, 0.1) is 13.8 Å². The Kier molecular flexibility index (Phi) is 5.07. The van der Waals surface area contributed by atoms with Gasteiger partial charge in [-0.2, -0.15) is 0 Å². The number of nitrogens with zero attached hydrogens (tertiary/aromatic N) is 3. The number of anilines is 1. The maximum Gasteiger partial charge on any atom is 0.254 e. The van der Waals surface area contributed by atoms with E-state index in [2.05, 4.69) is 25.5 Å². The highest BCUT2D eigenvalue weighted by Crippen LogP contribution is 2.16. The molecular formula is C12H15N5O2S2. The lowest BCUT2D eigenvalue weighted by Crippen LogP contribution is -2.18. The van der Waals surface area contributed by atoms with Crippen molar-refractivity contribution in [2.45, 2.75) is 32.3 Å². The van der Waals surface area contributed by atoms with Gasteiger partial charge in [-0.25, -0.2) is 4.98 Å². The van der Waals surface area contributed by atoms with Crippen LogP contribution in [0.4, 0.5) is 5.13 Å². The Bertz CT molecular complexity index is 710. The third-order valence-corrected chi connectivity index (χ3v) is 4.31. The van der Waals surface area contributed by atoms with E-state index in [0.29, 0.717) is 22.3 Å². The van der Waals surface area contributed by atoms with Crippen LogP contribution in [0.15, 0.2) is 9.95 Å². The summed E-state index contributed by atoms with van der Waals surface area (Å²) in [6, 6.07) is 0. The molecule has 112 valence electrons. The summed E-state index contributed by atoms with van der Waals surface area (Å²) < 4.78 is 0. The molecule has 0 saturated heterocycles. The van der Waals surface area contributed by atoms with Crippen LogP contribution in [0.25, 0.3) is 0 Å². The summed E-state index contributed by atoms with van der Waals surface area (Å²) in [5, 5.41) is 12.0. The highest BCUT2D eigenvalue weighted by Gasteiger charge is 2.10. The first kappa shape index (κ1) is 15.6. The fourth-order valence-corrected chi connectivity index (χ4v) is 2.89. The van der Waals surface area contributed by atoms with Crippen LogP contribution in [0.1, 0.15) is 23.2 Å². The summed E-state index contributed by atoms with van der Waals surface area (Å²) in [6.45, 7) is 5.49. The van der Waals surface area contributed by atoms with Crippen LogP contribution < -0.4 is 10.9 Å². The minimum absolute atomic E-state index is 0.147. The fraction of sp³-hybridized carbons (Fsp3) is 0.417. The van der Waals surface area contributed by atoms with Gasteiger partial charge in [-0.05, 0) is 20.3 Å². The van der Waals surface area contributed by atoms with Crippen LogP contribution in [0.2, 0.25) is 0 Å². The van der Waals surface area contributed by atoms with E-state index in [4.69, 9.17) is 0 Å². The average Bonchev–Trinajstić information content (AvgIpc) is 2.85. The van der Waals surface area contributed by atoms with Crippen molar-refractivity contribution in [1.29, 1.82) is 0 Å². The van der Waals surface area contributed by atoms with E-state index in [1.165, 1.54) is 23.1 Å². The third-order valence-electron chi connectivity index (χ3n) is 2.68. The van der Waals surface area contributed by atoms with Crippen molar-refractivity contribution in [3.63, 3.8) is 0 Å². The topological polar surface area (TPSA) is 101 Å². The lowest BCUT2D eigenvalue weighted by molar-refractivity contribution is -0.113. The zero-order valence-corrected chi connectivity index (χ0v) is 13.5. The zero-order chi connectivity index (χ0) is 15.4. The first-order chi connectivity index (χ1) is 9.99. The Hall–Kier alpha value is -1.74. The molecule has 0 unspecified atom stereocenters. The van der Waals surface area contributed by atoms with E-state index in [-0.39, 0.29) is 17.2 Å². The Balaban J connectivity index is 1.98. The second-order valence-corrected chi connectivity index (χ2v) is 6.41. The zero-order valence-electron chi connectivity index (χ0n) is 11.9. The molecule has 21 heavy (non-hydrogen) atoms. The van der Waals surface area contributed by atoms with Crippen molar-refractivity contribution in [1.82, 2.24) is 20.2 Å². The second-order valence-electron chi connectivity index (χ2n) is 4.26. The predicted molar refractivity (Wildman–Crippen MR) is 83.0 cm³/mol. The molecule has 0 aliphatic carbocycles. The molecular weight excluding hydrogens is 310 g/mol. The molecule has 0 radical (unpaired) electrons. The second kappa shape index (κ2) is 6.81. The van der Waals surface area contributed by atoms with Crippen LogP contribution in [-0.2, 0) is 11.2 Å². The van der Waals surface area contributed by atoms with Gasteiger partial charge in [0.05, 0.1) is 11.4 Å². The van der Waals surface area contributed by atoms with Gasteiger partial charge in [0.15, 0.2) is 5.16 Å². The van der Waals surface area contributed by atoms with Gasteiger partial charge in [-0.1, -0.05) is 30.0 Å². The van der Waals surface area contributed by atoms with E-state index in [1.807, 2.05) is 13.8 Å². The molecule has 2 N–H and O–H groups in total. The number of H-pyrrole nitrogens is 1. The number of aryl methyl sites for hydroxylation is 2. The molecule has 0 bridgehead atoms. The molecule has 0 aliphatic heterocycles. The fourth-order valence-electron chi connectivity index (χ4n) is 1.61. The minimum atomic E-state index is -0.211. The van der Waals surface area contributed by atoms with Crippen molar-refractivity contribution < 1.29 is 4.79 Å². The summed E-state index contributed by atoms with van der Waals surface area (Å²) >= 11 is 2.50. The van der Waals surface area contributed by atoms with Crippen LogP contribution in [-0.4, -0.2) is 31.8 Å². The SMILES string of the molecule is CCc1nc(SCC(=O)Nc2nnc(C)s2)[nH]c(=O)c1C. The highest BCUT2D eigenvalue weighted by atomic mass is 32.2. The monoisotopic (exact) mass is 325 g/mol. The van der Waals surface area contributed by atoms with Crippen LogP contribution >= 0.6 is 23.1 Å². The number of aromatic nitrogens is 4. The molecule has 2 aromatic heterocycles. The van der Waals surface area contributed by atoms with Gasteiger partial charge in [0.25, 0.3) is 5.56 Å². The normalized spacial score (nSPS) is 10.6. The van der Waals surface area contributed by atoms with Crippen molar-refractivity contribution in [3.8, 4) is 0 Å². The number of amides is 1. The Morgan fingerprint density at radius 1 is 1.38 bits per heavy atom. The number of thioether (sulfide) groups is 1. The summed E-state index contributed by atoms with van der Waals surface area (Å²) in [5.74, 6) is -0.0641. The quantitative estimate of drug-likeness (QED) is 0.639. The Labute approximate surface area is 129 Å². The standard InChI is InChI=1S/C12H15N5O2S2/c1-4-8-6(2)10(19)15-11(13-8)20-5-9(18)14-12-17-16-7(3)21-12/h4-5H2,1-3H3,(H,13,15,19)(H,14,17,18). The smallest absolute Gasteiger partial charge is 0.254 e. The molecule has 1 amide bonds. The third kappa shape index (κ3) is 4.11. The number of carbonyl (C=O) groups excluding carboxylic acids is 1. The van der Waals surface area contributed by atoms with Crippen molar-refractivity contribution >= 4 is 34.1 Å². The molecule has 7 nitrogen and oxygen atoms in total. The summed E-state index contributed by atoms with van der Waals surface area (Å²) in [4.78, 5) is 30.5. The molecule has 0 atom stereocenters. The number of nitrogens with one attached hydrogen (secondary N) is 2. The summed E-state index contributed by atoms with van der Waals surface area (Å²) in [7, 11) is 0. The van der Waals surface area contributed by atoms with E-state index < -0.39 is 0 Å². The van der Waals surface area contributed by atoms with Crippen LogP contribution in [0.5, 0.6) is 0 Å². The number of hydrogen-bond acceptors (Lipinski definition) is 7. The average molecular weight is 325 g/mol. The molecule has 2 heterocycles. The largest absolute Gasteiger partial charge is 0.301 e. The molecule has 0 saturated carbocycles. The van der Waals surface area contributed by atoms with Gasteiger partial charge in [0.2, 0.25) is 11.0 Å². The van der Waals surface area contributed by atoms with Gasteiger partial charge in [0.1, 0.15) is 5.01 Å². The Morgan fingerprint density at radius 3 is 2.76 bits per heavy atom. The van der Waals surface area contributed by atoms with Gasteiger partial charge in [-0.15, -0.1) is 10.2 Å². The van der Waals surface area contributed by atoms with E-state index in [0.717, 1.165) is 10.7 Å². The van der Waals surface area contributed by atoms with Crippen molar-refractivity contribution in [3.05, 3.63) is 26.6 Å². The lowest BCUT2D eigenvalue weighted by Gasteiger charge is -2.05. The van der Waals surface area contributed by atoms with Gasteiger partial charge in [-0.3, -0.25) is 14.9 Å². The number of hydrogen-bond donors (Lipinski definition) is 2. The van der Waals surface area contributed by atoms with Crippen molar-refractivity contribution in [2.75, 3.05) is 11.1 Å². The summed E-state index contributed by atoms with van der Waals surface area (Å²) in [6.07, 6.45) is 0.680. The summed E-state index contributed by atoms with van der Waals surface area (Å²) in [5.41, 5.74) is 1.21. The number of aromatic amines is 1. The van der Waals surface area contributed by atoms with Gasteiger partial charge >= 0.3 is 0 Å². The Morgan fingerprint density at radius 2 is 2.14 bits per heavy atom. The molecule has 0 fully saturated rings. The maximum absolute atomic E-state index is 11.8. The van der Waals surface area contributed by atoms with E-state index in [1.54, 1.807) is 6.92 Å². The van der Waals surface area contributed by atoms with E-state index in [9.17, 15) is 9.59 Å². The van der Waals surface area contributed by atoms with Gasteiger partial charge < -0.3 is 4.98 Å². The predicted octanol–water partition coefficient (Wildman–Crippen LogP) is 1.53. The number of rotatable bonds is 5.